The molecule has 2 N–H and O–H groups in total. The first-order valence-electron chi connectivity index (χ1n) is 10.3. The fourth-order valence-corrected chi connectivity index (χ4v) is 5.34. The second-order valence-corrected chi connectivity index (χ2v) is 8.80. The minimum absolute atomic E-state index is 0.0284. The Morgan fingerprint density at radius 1 is 1.39 bits per heavy atom. The number of nitriles is 1. The van der Waals surface area contributed by atoms with Crippen molar-refractivity contribution in [3.63, 3.8) is 0 Å². The van der Waals surface area contributed by atoms with Crippen molar-refractivity contribution in [2.45, 2.75) is 33.1 Å². The van der Waals surface area contributed by atoms with Crippen LogP contribution in [0.25, 0.3) is 17.0 Å². The number of esters is 1. The van der Waals surface area contributed by atoms with E-state index in [9.17, 15) is 14.9 Å². The predicted molar refractivity (Wildman–Crippen MR) is 122 cm³/mol. The number of para-hydroxylation sites is 1. The van der Waals surface area contributed by atoms with Crippen molar-refractivity contribution in [3.05, 3.63) is 57.6 Å². The molecule has 2 heterocycles. The molecule has 0 aliphatic heterocycles. The lowest BCUT2D eigenvalue weighted by molar-refractivity contribution is -0.112. The molecule has 0 fully saturated rings. The number of thiophene rings is 1. The van der Waals surface area contributed by atoms with Crippen LogP contribution in [0.4, 0.5) is 5.00 Å². The zero-order valence-corrected chi connectivity index (χ0v) is 18.3. The molecule has 7 heteroatoms. The van der Waals surface area contributed by atoms with Crippen LogP contribution >= 0.6 is 11.3 Å². The van der Waals surface area contributed by atoms with Gasteiger partial charge in [-0.1, -0.05) is 25.1 Å². The normalized spacial score (nSPS) is 15.9. The van der Waals surface area contributed by atoms with E-state index in [1.807, 2.05) is 30.3 Å². The summed E-state index contributed by atoms with van der Waals surface area (Å²) < 4.78 is 5.25. The van der Waals surface area contributed by atoms with Crippen LogP contribution in [0.15, 0.2) is 36.0 Å². The molecule has 0 radical (unpaired) electrons. The summed E-state index contributed by atoms with van der Waals surface area (Å²) in [5.41, 5.74) is 3.06. The monoisotopic (exact) mass is 433 g/mol. The SMILES string of the molecule is CCOC(=O)c1c(NC(=O)C(C#N)=Cc2c[nH]c3ccccc23)sc2c1CCC(C)C2. The van der Waals surface area contributed by atoms with Crippen molar-refractivity contribution in [3.8, 4) is 6.07 Å². The smallest absolute Gasteiger partial charge is 0.341 e. The number of carbonyl (C=O) groups is 2. The average Bonchev–Trinajstić information content (AvgIpc) is 3.32. The number of aromatic amines is 1. The van der Waals surface area contributed by atoms with Crippen LogP contribution in [-0.4, -0.2) is 23.5 Å². The summed E-state index contributed by atoms with van der Waals surface area (Å²) in [6.45, 7) is 4.20. The Labute approximate surface area is 184 Å². The van der Waals surface area contributed by atoms with Gasteiger partial charge < -0.3 is 15.0 Å². The lowest BCUT2D eigenvalue weighted by Gasteiger charge is -2.18. The Morgan fingerprint density at radius 2 is 2.19 bits per heavy atom. The third-order valence-electron chi connectivity index (χ3n) is 5.50. The topological polar surface area (TPSA) is 95.0 Å². The van der Waals surface area contributed by atoms with Gasteiger partial charge in [0.05, 0.1) is 12.2 Å². The average molecular weight is 434 g/mol. The van der Waals surface area contributed by atoms with Gasteiger partial charge in [-0.25, -0.2) is 4.79 Å². The summed E-state index contributed by atoms with van der Waals surface area (Å²) in [6.07, 6.45) is 5.98. The van der Waals surface area contributed by atoms with E-state index in [2.05, 4.69) is 17.2 Å². The second kappa shape index (κ2) is 8.78. The summed E-state index contributed by atoms with van der Waals surface area (Å²) in [6, 6.07) is 9.67. The molecule has 31 heavy (non-hydrogen) atoms. The number of fused-ring (bicyclic) bond motifs is 2. The highest BCUT2D eigenvalue weighted by Gasteiger charge is 2.29. The Bertz CT molecular complexity index is 1230. The molecule has 1 amide bonds. The molecule has 0 bridgehead atoms. The van der Waals surface area contributed by atoms with Crippen LogP contribution in [0.2, 0.25) is 0 Å². The summed E-state index contributed by atoms with van der Waals surface area (Å²) in [4.78, 5) is 29.9. The number of ether oxygens (including phenoxy) is 1. The number of amides is 1. The van der Waals surface area contributed by atoms with Crippen LogP contribution in [-0.2, 0) is 22.4 Å². The maximum atomic E-state index is 13.0. The first-order chi connectivity index (χ1) is 15.0. The van der Waals surface area contributed by atoms with Crippen molar-refractivity contribution >= 4 is 45.2 Å². The highest BCUT2D eigenvalue weighted by molar-refractivity contribution is 7.17. The third kappa shape index (κ3) is 4.12. The van der Waals surface area contributed by atoms with E-state index in [0.717, 1.165) is 46.2 Å². The van der Waals surface area contributed by atoms with Crippen molar-refractivity contribution in [2.24, 2.45) is 5.92 Å². The van der Waals surface area contributed by atoms with Crippen LogP contribution in [0.1, 0.15) is 46.6 Å². The first-order valence-corrected chi connectivity index (χ1v) is 11.1. The summed E-state index contributed by atoms with van der Waals surface area (Å²) >= 11 is 1.41. The van der Waals surface area contributed by atoms with Crippen molar-refractivity contribution < 1.29 is 14.3 Å². The van der Waals surface area contributed by atoms with Gasteiger partial charge in [0, 0.05) is 27.5 Å². The molecular formula is C24H23N3O3S. The molecule has 4 rings (SSSR count). The fraction of sp³-hybridized carbons (Fsp3) is 0.292. The van der Waals surface area contributed by atoms with Gasteiger partial charge in [-0.2, -0.15) is 5.26 Å². The van der Waals surface area contributed by atoms with Crippen LogP contribution in [0.5, 0.6) is 0 Å². The van der Waals surface area contributed by atoms with Gasteiger partial charge in [-0.3, -0.25) is 4.79 Å². The van der Waals surface area contributed by atoms with Crippen molar-refractivity contribution in [2.75, 3.05) is 11.9 Å². The number of nitrogens with one attached hydrogen (secondary N) is 2. The van der Waals surface area contributed by atoms with Crippen LogP contribution in [0, 0.1) is 17.2 Å². The van der Waals surface area contributed by atoms with Crippen LogP contribution < -0.4 is 5.32 Å². The van der Waals surface area contributed by atoms with Gasteiger partial charge in [-0.15, -0.1) is 11.3 Å². The summed E-state index contributed by atoms with van der Waals surface area (Å²) in [5.74, 6) is -0.435. The summed E-state index contributed by atoms with van der Waals surface area (Å²) in [5, 5.41) is 13.8. The largest absolute Gasteiger partial charge is 0.462 e. The maximum Gasteiger partial charge on any atom is 0.341 e. The minimum atomic E-state index is -0.537. The van der Waals surface area contributed by atoms with Gasteiger partial charge in [0.1, 0.15) is 16.6 Å². The number of hydrogen-bond donors (Lipinski definition) is 2. The number of carbonyl (C=O) groups excluding carboxylic acids is 2. The van der Waals surface area contributed by atoms with Gasteiger partial charge in [-0.05, 0) is 49.8 Å². The van der Waals surface area contributed by atoms with E-state index >= 15 is 0 Å². The molecule has 1 aliphatic rings. The Balaban J connectivity index is 1.67. The number of anilines is 1. The molecule has 0 saturated heterocycles. The van der Waals surface area contributed by atoms with Gasteiger partial charge >= 0.3 is 5.97 Å². The molecule has 1 atom stereocenters. The number of rotatable bonds is 5. The van der Waals surface area contributed by atoms with E-state index in [1.54, 1.807) is 19.2 Å². The lowest BCUT2D eigenvalue weighted by Crippen LogP contribution is -2.17. The molecule has 1 aromatic carbocycles. The minimum Gasteiger partial charge on any atom is -0.462 e. The van der Waals surface area contributed by atoms with Crippen molar-refractivity contribution in [1.82, 2.24) is 4.98 Å². The van der Waals surface area contributed by atoms with Crippen molar-refractivity contribution in [1.29, 1.82) is 5.26 Å². The second-order valence-electron chi connectivity index (χ2n) is 7.69. The standard InChI is InChI=1S/C24H23N3O3S/c1-3-30-24(29)21-18-9-8-14(2)10-20(18)31-23(21)27-22(28)15(12-25)11-16-13-26-19-7-5-4-6-17(16)19/h4-7,11,13-14,26H,3,8-10H2,1-2H3,(H,27,28). The fourth-order valence-electron chi connectivity index (χ4n) is 3.95. The van der Waals surface area contributed by atoms with Gasteiger partial charge in [0.2, 0.25) is 0 Å². The molecule has 1 aliphatic carbocycles. The van der Waals surface area contributed by atoms with Gasteiger partial charge in [0.15, 0.2) is 0 Å². The summed E-state index contributed by atoms with van der Waals surface area (Å²) in [7, 11) is 0. The molecule has 0 saturated carbocycles. The Kier molecular flexibility index (Phi) is 5.92. The van der Waals surface area contributed by atoms with E-state index in [4.69, 9.17) is 4.74 Å². The molecule has 158 valence electrons. The number of H-pyrrole nitrogens is 1. The third-order valence-corrected chi connectivity index (χ3v) is 6.67. The lowest BCUT2D eigenvalue weighted by atomic mass is 9.88. The van der Waals surface area contributed by atoms with E-state index in [-0.39, 0.29) is 12.2 Å². The molecule has 6 nitrogen and oxygen atoms in total. The van der Waals surface area contributed by atoms with E-state index < -0.39 is 11.9 Å². The first kappa shape index (κ1) is 20.9. The number of benzene rings is 1. The molecule has 2 aromatic heterocycles. The molecular weight excluding hydrogens is 410 g/mol. The maximum absolute atomic E-state index is 13.0. The van der Waals surface area contributed by atoms with Crippen LogP contribution in [0.3, 0.4) is 0 Å². The predicted octanol–water partition coefficient (Wildman–Crippen LogP) is 5.08. The quantitative estimate of drug-likeness (QED) is 0.333. The van der Waals surface area contributed by atoms with E-state index in [1.165, 1.54) is 11.3 Å². The molecule has 1 unspecified atom stereocenters. The Hall–Kier alpha value is -3.37. The molecule has 3 aromatic rings. The number of aromatic nitrogens is 1. The highest BCUT2D eigenvalue weighted by atomic mass is 32.1. The highest BCUT2D eigenvalue weighted by Crippen LogP contribution is 2.40. The zero-order chi connectivity index (χ0) is 22.0. The zero-order valence-electron chi connectivity index (χ0n) is 17.5. The number of nitrogens with zero attached hydrogens (tertiary/aromatic N) is 1. The van der Waals surface area contributed by atoms with E-state index in [0.29, 0.717) is 16.5 Å². The number of hydrogen-bond acceptors (Lipinski definition) is 5. The Morgan fingerprint density at radius 3 is 2.97 bits per heavy atom. The van der Waals surface area contributed by atoms with Gasteiger partial charge in [0.25, 0.3) is 5.91 Å². The molecule has 0 spiro atoms.